The number of anilines is 1. The van der Waals surface area contributed by atoms with E-state index in [9.17, 15) is 9.90 Å². The molecule has 9 nitrogen and oxygen atoms in total. The van der Waals surface area contributed by atoms with Crippen molar-refractivity contribution in [3.8, 4) is 17.0 Å². The van der Waals surface area contributed by atoms with Crippen LogP contribution in [0.4, 0.5) is 10.5 Å². The van der Waals surface area contributed by atoms with E-state index in [1.165, 1.54) is 0 Å². The van der Waals surface area contributed by atoms with E-state index in [1.807, 2.05) is 47.1 Å². The SMILES string of the molecule is COc1ccccc1N1CCN(CC(O)Cn2nc(-c3ccc(Cl)cc3)c3c2CCN(C(N)=O)C3)CC1. The van der Waals surface area contributed by atoms with Crippen molar-refractivity contribution in [1.82, 2.24) is 19.6 Å². The lowest BCUT2D eigenvalue weighted by molar-refractivity contribution is 0.0909. The van der Waals surface area contributed by atoms with E-state index in [4.69, 9.17) is 27.2 Å². The molecule has 37 heavy (non-hydrogen) atoms. The lowest BCUT2D eigenvalue weighted by atomic mass is 10.0. The van der Waals surface area contributed by atoms with Crippen LogP contribution in [0.25, 0.3) is 11.3 Å². The second-order valence-electron chi connectivity index (χ2n) is 9.59. The molecule has 1 aromatic heterocycles. The molecule has 2 aliphatic rings. The van der Waals surface area contributed by atoms with Crippen molar-refractivity contribution in [2.24, 2.45) is 5.73 Å². The quantitative estimate of drug-likeness (QED) is 0.493. The van der Waals surface area contributed by atoms with E-state index in [-0.39, 0.29) is 0 Å². The van der Waals surface area contributed by atoms with Crippen molar-refractivity contribution in [3.05, 3.63) is 64.8 Å². The minimum atomic E-state index is -0.575. The Kier molecular flexibility index (Phi) is 7.55. The molecule has 2 aromatic carbocycles. The Morgan fingerprint density at radius 2 is 1.81 bits per heavy atom. The van der Waals surface area contributed by atoms with Crippen molar-refractivity contribution in [2.45, 2.75) is 25.6 Å². The van der Waals surface area contributed by atoms with Crippen LogP contribution in [0.15, 0.2) is 48.5 Å². The molecule has 2 aliphatic heterocycles. The second kappa shape index (κ2) is 11.0. The van der Waals surface area contributed by atoms with E-state index >= 15 is 0 Å². The van der Waals surface area contributed by atoms with E-state index in [2.05, 4.69) is 15.9 Å². The number of hydrogen-bond donors (Lipinski definition) is 2. The fraction of sp³-hybridized carbons (Fsp3) is 0.407. The highest BCUT2D eigenvalue weighted by atomic mass is 35.5. The molecule has 0 aliphatic carbocycles. The Bertz CT molecular complexity index is 1240. The maximum absolute atomic E-state index is 11.9. The van der Waals surface area contributed by atoms with Crippen LogP contribution in [-0.2, 0) is 19.5 Å². The van der Waals surface area contributed by atoms with E-state index < -0.39 is 12.1 Å². The molecule has 0 saturated carbocycles. The summed E-state index contributed by atoms with van der Waals surface area (Å²) in [6.45, 7) is 5.35. The molecule has 1 fully saturated rings. The predicted octanol–water partition coefficient (Wildman–Crippen LogP) is 2.83. The summed E-state index contributed by atoms with van der Waals surface area (Å²) in [6.07, 6.45) is 0.0671. The summed E-state index contributed by atoms with van der Waals surface area (Å²) in [5.41, 5.74) is 10.4. The first kappa shape index (κ1) is 25.4. The molecule has 0 spiro atoms. The number of rotatable bonds is 7. The molecule has 196 valence electrons. The first-order chi connectivity index (χ1) is 17.9. The number of nitrogens with two attached hydrogens (primary N) is 1. The van der Waals surface area contributed by atoms with E-state index in [1.54, 1.807) is 12.0 Å². The number of benzene rings is 2. The van der Waals surface area contributed by atoms with Gasteiger partial charge in [-0.1, -0.05) is 35.9 Å². The van der Waals surface area contributed by atoms with Gasteiger partial charge < -0.3 is 25.4 Å². The van der Waals surface area contributed by atoms with Gasteiger partial charge in [0.05, 0.1) is 37.7 Å². The minimum absolute atomic E-state index is 0.388. The first-order valence-corrected chi connectivity index (χ1v) is 13.0. The van der Waals surface area contributed by atoms with E-state index in [0.29, 0.717) is 37.6 Å². The fourth-order valence-corrected chi connectivity index (χ4v) is 5.41. The number of methoxy groups -OCH3 is 1. The number of urea groups is 1. The monoisotopic (exact) mass is 524 g/mol. The number of aromatic nitrogens is 2. The topological polar surface area (TPSA) is 100 Å². The third-order valence-electron chi connectivity index (χ3n) is 7.21. The number of nitrogens with zero attached hydrogens (tertiary/aromatic N) is 5. The summed E-state index contributed by atoms with van der Waals surface area (Å²) < 4.78 is 7.43. The van der Waals surface area contributed by atoms with Crippen LogP contribution in [0.1, 0.15) is 11.3 Å². The first-order valence-electron chi connectivity index (χ1n) is 12.6. The zero-order valence-electron chi connectivity index (χ0n) is 21.0. The molecule has 0 bridgehead atoms. The molecule has 3 N–H and O–H groups in total. The average molecular weight is 525 g/mol. The number of carbonyl (C=O) groups excluding carboxylic acids is 1. The molecule has 1 unspecified atom stereocenters. The summed E-state index contributed by atoms with van der Waals surface area (Å²) in [4.78, 5) is 18.1. The van der Waals surface area contributed by atoms with Gasteiger partial charge in [-0.25, -0.2) is 4.79 Å². The smallest absolute Gasteiger partial charge is 0.315 e. The van der Waals surface area contributed by atoms with Crippen LogP contribution in [0.2, 0.25) is 5.02 Å². The number of halogens is 1. The van der Waals surface area contributed by atoms with Gasteiger partial charge in [0.25, 0.3) is 0 Å². The summed E-state index contributed by atoms with van der Waals surface area (Å²) in [7, 11) is 1.70. The Balaban J connectivity index is 1.27. The van der Waals surface area contributed by atoms with Crippen molar-refractivity contribution in [1.29, 1.82) is 0 Å². The number of piperazine rings is 1. The van der Waals surface area contributed by atoms with Crippen LogP contribution in [0.3, 0.4) is 0 Å². The van der Waals surface area contributed by atoms with Crippen LogP contribution in [0.5, 0.6) is 5.75 Å². The standard InChI is InChI=1S/C27H33ClN6O3/c1-37-25-5-3-2-4-24(25)32-14-12-31(13-15-32)16-21(35)17-34-23-10-11-33(27(29)36)18-22(23)26(30-34)19-6-8-20(28)9-7-19/h2-9,21,35H,10-18H2,1H3,(H2,29,36). The van der Waals surface area contributed by atoms with E-state index in [0.717, 1.165) is 60.1 Å². The maximum atomic E-state index is 11.9. The van der Waals surface area contributed by atoms with Crippen LogP contribution < -0.4 is 15.4 Å². The van der Waals surface area contributed by atoms with Crippen LogP contribution in [-0.4, -0.2) is 83.2 Å². The normalized spacial score (nSPS) is 16.9. The van der Waals surface area contributed by atoms with Crippen LogP contribution in [0, 0.1) is 0 Å². The lowest BCUT2D eigenvalue weighted by Crippen LogP contribution is -2.49. The Morgan fingerprint density at radius 1 is 1.08 bits per heavy atom. The van der Waals surface area contributed by atoms with Crippen LogP contribution >= 0.6 is 11.6 Å². The zero-order valence-corrected chi connectivity index (χ0v) is 21.8. The summed E-state index contributed by atoms with van der Waals surface area (Å²) in [5.74, 6) is 0.880. The maximum Gasteiger partial charge on any atom is 0.315 e. The number of aliphatic hydroxyl groups is 1. The number of amides is 2. The summed E-state index contributed by atoms with van der Waals surface area (Å²) >= 11 is 6.09. The zero-order chi connectivity index (χ0) is 25.9. The average Bonchev–Trinajstić information content (AvgIpc) is 3.26. The van der Waals surface area contributed by atoms with Gasteiger partial charge >= 0.3 is 6.03 Å². The highest BCUT2D eigenvalue weighted by Crippen LogP contribution is 2.31. The summed E-state index contributed by atoms with van der Waals surface area (Å²) in [6, 6.07) is 15.2. The highest BCUT2D eigenvalue weighted by molar-refractivity contribution is 6.30. The number of β-amino-alcohol motifs (C(OH)–C–C–N with tert-alkyl or cyclic N) is 1. The van der Waals surface area contributed by atoms with Gasteiger partial charge in [0.1, 0.15) is 5.75 Å². The number of ether oxygens (including phenoxy) is 1. The predicted molar refractivity (Wildman–Crippen MR) is 144 cm³/mol. The lowest BCUT2D eigenvalue weighted by Gasteiger charge is -2.37. The Hall–Kier alpha value is -3.27. The molecule has 3 heterocycles. The van der Waals surface area contributed by atoms with Gasteiger partial charge in [0, 0.05) is 67.5 Å². The number of aliphatic hydroxyl groups excluding tert-OH is 1. The molecule has 5 rings (SSSR count). The van der Waals surface area contributed by atoms with Gasteiger partial charge in [-0.15, -0.1) is 0 Å². The molecule has 10 heteroatoms. The molecule has 2 amide bonds. The molecular formula is C27H33ClN6O3. The molecule has 3 aromatic rings. The number of hydrogen-bond acceptors (Lipinski definition) is 6. The molecule has 1 atom stereocenters. The number of primary amides is 1. The minimum Gasteiger partial charge on any atom is -0.495 e. The highest BCUT2D eigenvalue weighted by Gasteiger charge is 2.28. The van der Waals surface area contributed by atoms with Crippen molar-refractivity contribution >= 4 is 23.3 Å². The van der Waals surface area contributed by atoms with Crippen molar-refractivity contribution < 1.29 is 14.6 Å². The second-order valence-corrected chi connectivity index (χ2v) is 10.0. The van der Waals surface area contributed by atoms with Gasteiger partial charge in [-0.05, 0) is 24.3 Å². The molecule has 1 saturated heterocycles. The van der Waals surface area contributed by atoms with Gasteiger partial charge in [-0.2, -0.15) is 5.10 Å². The molecular weight excluding hydrogens is 492 g/mol. The third kappa shape index (κ3) is 5.53. The third-order valence-corrected chi connectivity index (χ3v) is 7.47. The fourth-order valence-electron chi connectivity index (χ4n) is 5.29. The Morgan fingerprint density at radius 3 is 2.51 bits per heavy atom. The number of fused-ring (bicyclic) bond motifs is 1. The largest absolute Gasteiger partial charge is 0.495 e. The van der Waals surface area contributed by atoms with Crippen molar-refractivity contribution in [3.63, 3.8) is 0 Å². The molecule has 0 radical (unpaired) electrons. The summed E-state index contributed by atoms with van der Waals surface area (Å²) in [5, 5.41) is 16.6. The van der Waals surface area contributed by atoms with Crippen molar-refractivity contribution in [2.75, 3.05) is 51.3 Å². The number of para-hydroxylation sites is 2. The van der Waals surface area contributed by atoms with Gasteiger partial charge in [0.15, 0.2) is 0 Å². The van der Waals surface area contributed by atoms with Gasteiger partial charge in [-0.3, -0.25) is 9.58 Å². The number of carbonyl (C=O) groups is 1. The Labute approximate surface area is 222 Å². The van der Waals surface area contributed by atoms with Gasteiger partial charge in [0.2, 0.25) is 0 Å².